The van der Waals surface area contributed by atoms with Gasteiger partial charge in [-0.2, -0.15) is 0 Å². The smallest absolute Gasteiger partial charge is 0.119 e. The summed E-state index contributed by atoms with van der Waals surface area (Å²) >= 11 is 0. The van der Waals surface area contributed by atoms with Crippen LogP contribution in [0, 0.1) is 5.41 Å². The van der Waals surface area contributed by atoms with Crippen LogP contribution in [0.2, 0.25) is 0 Å². The average molecular weight is 235 g/mol. The summed E-state index contributed by atoms with van der Waals surface area (Å²) in [6.45, 7) is 8.86. The lowest BCUT2D eigenvalue weighted by Gasteiger charge is -2.28. The van der Waals surface area contributed by atoms with Crippen LogP contribution in [-0.2, 0) is 6.42 Å². The first-order chi connectivity index (χ1) is 8.13. The quantitative estimate of drug-likeness (QED) is 0.783. The monoisotopic (exact) mass is 235 g/mol. The molecule has 1 N–H and O–H groups in total. The van der Waals surface area contributed by atoms with Crippen molar-refractivity contribution in [2.24, 2.45) is 5.41 Å². The lowest BCUT2D eigenvalue weighted by atomic mass is 9.81. The summed E-state index contributed by atoms with van der Waals surface area (Å²) < 4.78 is 5.27. The Kier molecular flexibility index (Phi) is 5.49. The summed E-state index contributed by atoms with van der Waals surface area (Å²) in [5.74, 6) is 0.949. The molecule has 17 heavy (non-hydrogen) atoms. The van der Waals surface area contributed by atoms with Crippen molar-refractivity contribution < 1.29 is 4.74 Å². The van der Waals surface area contributed by atoms with Crippen LogP contribution < -0.4 is 10.1 Å². The Bertz CT molecular complexity index is 337. The largest absolute Gasteiger partial charge is 0.497 e. The summed E-state index contributed by atoms with van der Waals surface area (Å²) in [5.41, 5.74) is 1.68. The summed E-state index contributed by atoms with van der Waals surface area (Å²) in [6.07, 6.45) is 2.27. The van der Waals surface area contributed by atoms with Crippen LogP contribution in [0.5, 0.6) is 5.75 Å². The number of methoxy groups -OCH3 is 1. The fraction of sp³-hybridized carbons (Fsp3) is 0.600. The van der Waals surface area contributed by atoms with Gasteiger partial charge in [0.25, 0.3) is 0 Å². The van der Waals surface area contributed by atoms with E-state index in [1.165, 1.54) is 12.0 Å². The van der Waals surface area contributed by atoms with Crippen LogP contribution in [0.1, 0.15) is 32.8 Å². The van der Waals surface area contributed by atoms with E-state index in [0.717, 1.165) is 25.3 Å². The number of benzene rings is 1. The first-order valence-electron chi connectivity index (χ1n) is 6.47. The lowest BCUT2D eigenvalue weighted by molar-refractivity contribution is 0.292. The molecule has 0 bridgehead atoms. The minimum Gasteiger partial charge on any atom is -0.497 e. The predicted molar refractivity (Wildman–Crippen MR) is 73.6 cm³/mol. The Balaban J connectivity index is 2.71. The van der Waals surface area contributed by atoms with Gasteiger partial charge in [0.1, 0.15) is 5.75 Å². The molecule has 2 nitrogen and oxygen atoms in total. The summed E-state index contributed by atoms with van der Waals surface area (Å²) in [5, 5.41) is 3.46. The zero-order valence-electron chi connectivity index (χ0n) is 11.5. The highest BCUT2D eigenvalue weighted by atomic mass is 16.5. The van der Waals surface area contributed by atoms with Crippen molar-refractivity contribution in [1.82, 2.24) is 5.32 Å². The molecule has 0 radical (unpaired) electrons. The van der Waals surface area contributed by atoms with E-state index in [0.29, 0.717) is 5.41 Å². The van der Waals surface area contributed by atoms with E-state index in [-0.39, 0.29) is 0 Å². The number of ether oxygens (including phenoxy) is 1. The molecule has 0 aliphatic carbocycles. The van der Waals surface area contributed by atoms with Gasteiger partial charge >= 0.3 is 0 Å². The van der Waals surface area contributed by atoms with E-state index >= 15 is 0 Å². The van der Waals surface area contributed by atoms with Crippen LogP contribution in [0.3, 0.4) is 0 Å². The predicted octanol–water partition coefficient (Wildman–Crippen LogP) is 3.26. The average Bonchev–Trinajstić information content (AvgIpc) is 2.36. The SMILES string of the molecule is CCNCC(C)(CC)Cc1cccc(OC)c1. The minimum absolute atomic E-state index is 0.322. The van der Waals surface area contributed by atoms with Gasteiger partial charge in [-0.05, 0) is 42.5 Å². The first-order valence-corrected chi connectivity index (χ1v) is 6.47. The van der Waals surface area contributed by atoms with Gasteiger partial charge in [-0.3, -0.25) is 0 Å². The van der Waals surface area contributed by atoms with E-state index in [1.807, 2.05) is 6.07 Å². The fourth-order valence-electron chi connectivity index (χ4n) is 2.01. The van der Waals surface area contributed by atoms with Crippen LogP contribution in [-0.4, -0.2) is 20.2 Å². The van der Waals surface area contributed by atoms with E-state index in [1.54, 1.807) is 7.11 Å². The van der Waals surface area contributed by atoms with Crippen molar-refractivity contribution in [1.29, 1.82) is 0 Å². The Hall–Kier alpha value is -1.02. The second kappa shape index (κ2) is 6.65. The highest BCUT2D eigenvalue weighted by molar-refractivity contribution is 5.29. The van der Waals surface area contributed by atoms with Gasteiger partial charge in [0.15, 0.2) is 0 Å². The maximum absolute atomic E-state index is 5.27. The summed E-state index contributed by atoms with van der Waals surface area (Å²) in [7, 11) is 1.72. The van der Waals surface area contributed by atoms with Gasteiger partial charge < -0.3 is 10.1 Å². The maximum Gasteiger partial charge on any atom is 0.119 e. The molecule has 1 atom stereocenters. The van der Waals surface area contributed by atoms with Gasteiger partial charge in [-0.1, -0.05) is 32.9 Å². The molecule has 0 amide bonds. The molecular weight excluding hydrogens is 210 g/mol. The maximum atomic E-state index is 5.27. The van der Waals surface area contributed by atoms with Crippen LogP contribution in [0.25, 0.3) is 0 Å². The zero-order valence-corrected chi connectivity index (χ0v) is 11.5. The normalized spacial score (nSPS) is 14.4. The van der Waals surface area contributed by atoms with Crippen molar-refractivity contribution in [2.45, 2.75) is 33.6 Å². The number of nitrogens with one attached hydrogen (secondary N) is 1. The lowest BCUT2D eigenvalue weighted by Crippen LogP contribution is -2.33. The molecule has 1 aromatic carbocycles. The Labute approximate surface area is 105 Å². The Morgan fingerprint density at radius 3 is 2.65 bits per heavy atom. The third-order valence-corrected chi connectivity index (χ3v) is 3.42. The van der Waals surface area contributed by atoms with Crippen molar-refractivity contribution >= 4 is 0 Å². The van der Waals surface area contributed by atoms with Crippen LogP contribution >= 0.6 is 0 Å². The minimum atomic E-state index is 0.322. The molecule has 1 rings (SSSR count). The summed E-state index contributed by atoms with van der Waals surface area (Å²) in [6, 6.07) is 8.39. The summed E-state index contributed by atoms with van der Waals surface area (Å²) in [4.78, 5) is 0. The molecule has 0 heterocycles. The first kappa shape index (κ1) is 14.0. The fourth-order valence-corrected chi connectivity index (χ4v) is 2.01. The molecule has 0 aliphatic heterocycles. The third-order valence-electron chi connectivity index (χ3n) is 3.42. The van der Waals surface area contributed by atoms with Crippen LogP contribution in [0.4, 0.5) is 0 Å². The van der Waals surface area contributed by atoms with Crippen molar-refractivity contribution in [2.75, 3.05) is 20.2 Å². The van der Waals surface area contributed by atoms with E-state index < -0.39 is 0 Å². The molecule has 1 unspecified atom stereocenters. The van der Waals surface area contributed by atoms with Gasteiger partial charge in [0.05, 0.1) is 7.11 Å². The molecule has 0 aliphatic rings. The van der Waals surface area contributed by atoms with Gasteiger partial charge in [0, 0.05) is 6.54 Å². The molecular formula is C15H25NO. The van der Waals surface area contributed by atoms with Crippen molar-refractivity contribution in [3.05, 3.63) is 29.8 Å². The molecule has 2 heteroatoms. The molecule has 0 saturated heterocycles. The molecule has 0 aromatic heterocycles. The molecule has 0 spiro atoms. The second-order valence-corrected chi connectivity index (χ2v) is 4.97. The third kappa shape index (κ3) is 4.39. The van der Waals surface area contributed by atoms with Gasteiger partial charge in [-0.15, -0.1) is 0 Å². The van der Waals surface area contributed by atoms with E-state index in [4.69, 9.17) is 4.74 Å². The molecule has 0 fully saturated rings. The van der Waals surface area contributed by atoms with E-state index in [2.05, 4.69) is 44.3 Å². The molecule has 0 saturated carbocycles. The molecule has 1 aromatic rings. The van der Waals surface area contributed by atoms with E-state index in [9.17, 15) is 0 Å². The molecule has 96 valence electrons. The van der Waals surface area contributed by atoms with Gasteiger partial charge in [0.2, 0.25) is 0 Å². The Morgan fingerprint density at radius 2 is 2.06 bits per heavy atom. The standard InChI is InChI=1S/C15H25NO/c1-5-15(3,12-16-6-2)11-13-8-7-9-14(10-13)17-4/h7-10,16H,5-6,11-12H2,1-4H3. The number of hydrogen-bond acceptors (Lipinski definition) is 2. The number of hydrogen-bond donors (Lipinski definition) is 1. The van der Waals surface area contributed by atoms with Crippen molar-refractivity contribution in [3.8, 4) is 5.75 Å². The topological polar surface area (TPSA) is 21.3 Å². The van der Waals surface area contributed by atoms with Crippen LogP contribution in [0.15, 0.2) is 24.3 Å². The highest BCUT2D eigenvalue weighted by Gasteiger charge is 2.22. The number of rotatable bonds is 7. The highest BCUT2D eigenvalue weighted by Crippen LogP contribution is 2.27. The second-order valence-electron chi connectivity index (χ2n) is 4.97. The Morgan fingerprint density at radius 1 is 1.29 bits per heavy atom. The zero-order chi connectivity index (χ0) is 12.7. The van der Waals surface area contributed by atoms with Crippen molar-refractivity contribution in [3.63, 3.8) is 0 Å². The van der Waals surface area contributed by atoms with Gasteiger partial charge in [-0.25, -0.2) is 0 Å².